The van der Waals surface area contributed by atoms with E-state index in [0.29, 0.717) is 12.2 Å². The number of benzene rings is 1. The van der Waals surface area contributed by atoms with Crippen LogP contribution < -0.4 is 20.7 Å². The van der Waals surface area contributed by atoms with Gasteiger partial charge in [0.05, 0.1) is 7.11 Å². The maximum absolute atomic E-state index is 12.5. The lowest BCUT2D eigenvalue weighted by molar-refractivity contribution is -0.145. The number of rotatable bonds is 8. The predicted octanol–water partition coefficient (Wildman–Crippen LogP) is 1.27. The van der Waals surface area contributed by atoms with Crippen molar-refractivity contribution in [3.63, 3.8) is 0 Å². The number of carbonyl (C=O) groups excluding carboxylic acids is 2. The highest BCUT2D eigenvalue weighted by molar-refractivity contribution is 5.84. The summed E-state index contributed by atoms with van der Waals surface area (Å²) in [6.45, 7) is 6.82. The maximum Gasteiger partial charge on any atom is 0.328 e. The second-order valence-electron chi connectivity index (χ2n) is 8.27. The summed E-state index contributed by atoms with van der Waals surface area (Å²) in [7, 11) is 1.29. The van der Waals surface area contributed by atoms with Gasteiger partial charge in [0.2, 0.25) is 5.91 Å². The molecule has 1 saturated heterocycles. The molecule has 1 aromatic carbocycles. The molecule has 2 aromatic rings. The number of aromatic nitrogens is 2. The van der Waals surface area contributed by atoms with Crippen molar-refractivity contribution < 1.29 is 14.3 Å². The monoisotopic (exact) mass is 441 g/mol. The fraction of sp³-hybridized carbons (Fsp3) is 0.478. The number of carbonyl (C=O) groups is 2. The van der Waals surface area contributed by atoms with Crippen molar-refractivity contribution in [1.29, 1.82) is 0 Å². The molecule has 1 aromatic heterocycles. The van der Waals surface area contributed by atoms with Crippen LogP contribution in [0.2, 0.25) is 0 Å². The summed E-state index contributed by atoms with van der Waals surface area (Å²) in [6.07, 6.45) is 0.451. The van der Waals surface area contributed by atoms with E-state index in [4.69, 9.17) is 4.74 Å². The first-order valence-corrected chi connectivity index (χ1v) is 10.9. The lowest BCUT2D eigenvalue weighted by Crippen LogP contribution is -2.47. The Morgan fingerprint density at radius 1 is 1.03 bits per heavy atom. The predicted molar refractivity (Wildman–Crippen MR) is 123 cm³/mol. The Labute approximate surface area is 188 Å². The van der Waals surface area contributed by atoms with E-state index >= 15 is 0 Å². The summed E-state index contributed by atoms with van der Waals surface area (Å²) < 4.78 is 5.92. The molecule has 3 rings (SSSR count). The van der Waals surface area contributed by atoms with Gasteiger partial charge in [-0.25, -0.2) is 9.48 Å². The molecule has 2 heterocycles. The standard InChI is InChI=1S/C23H31N5O4/c1-17(2)15-19(23(31)32-3)24-21(29)16-28-22(30)10-9-20(25-28)27-13-11-26(12-14-27)18-7-5-4-6-8-18/h4-10,17,19H,11-16H2,1-3H3,(H,24,29). The minimum absolute atomic E-state index is 0.193. The van der Waals surface area contributed by atoms with Crippen LogP contribution in [0.15, 0.2) is 47.3 Å². The number of nitrogens with zero attached hydrogens (tertiary/aromatic N) is 4. The van der Waals surface area contributed by atoms with E-state index in [9.17, 15) is 14.4 Å². The van der Waals surface area contributed by atoms with Crippen LogP contribution in [0, 0.1) is 5.92 Å². The Hall–Kier alpha value is -3.36. The lowest BCUT2D eigenvalue weighted by atomic mass is 10.0. The third-order valence-electron chi connectivity index (χ3n) is 5.40. The van der Waals surface area contributed by atoms with E-state index in [-0.39, 0.29) is 18.0 Å². The second-order valence-corrected chi connectivity index (χ2v) is 8.27. The van der Waals surface area contributed by atoms with Gasteiger partial charge in [0, 0.05) is 37.9 Å². The first kappa shape index (κ1) is 23.3. The molecule has 1 unspecified atom stereocenters. The third kappa shape index (κ3) is 6.09. The molecule has 1 amide bonds. The molecule has 9 heteroatoms. The number of nitrogens with one attached hydrogen (secondary N) is 1. The first-order chi connectivity index (χ1) is 15.4. The minimum Gasteiger partial charge on any atom is -0.467 e. The van der Waals surface area contributed by atoms with Gasteiger partial charge in [0.15, 0.2) is 0 Å². The lowest BCUT2D eigenvalue weighted by Gasteiger charge is -2.36. The molecule has 0 spiro atoms. The zero-order valence-corrected chi connectivity index (χ0v) is 18.9. The van der Waals surface area contributed by atoms with E-state index < -0.39 is 17.9 Å². The van der Waals surface area contributed by atoms with Gasteiger partial charge in [0.1, 0.15) is 18.4 Å². The summed E-state index contributed by atoms with van der Waals surface area (Å²) in [5.41, 5.74) is 0.814. The van der Waals surface area contributed by atoms with Crippen molar-refractivity contribution in [2.45, 2.75) is 32.9 Å². The SMILES string of the molecule is COC(=O)C(CC(C)C)NC(=O)Cn1nc(N2CCN(c3ccccc3)CC2)ccc1=O. The fourth-order valence-corrected chi connectivity index (χ4v) is 3.76. The number of amides is 1. The topological polar surface area (TPSA) is 96.8 Å². The fourth-order valence-electron chi connectivity index (χ4n) is 3.76. The average Bonchev–Trinajstić information content (AvgIpc) is 2.80. The number of hydrogen-bond acceptors (Lipinski definition) is 7. The van der Waals surface area contributed by atoms with Crippen molar-refractivity contribution in [3.05, 3.63) is 52.8 Å². The van der Waals surface area contributed by atoms with E-state index in [1.807, 2.05) is 32.0 Å². The Morgan fingerprint density at radius 3 is 2.31 bits per heavy atom. The van der Waals surface area contributed by atoms with Crippen LogP contribution in [0.5, 0.6) is 0 Å². The van der Waals surface area contributed by atoms with Gasteiger partial charge in [-0.3, -0.25) is 9.59 Å². The van der Waals surface area contributed by atoms with Crippen LogP contribution >= 0.6 is 0 Å². The number of esters is 1. The summed E-state index contributed by atoms with van der Waals surface area (Å²) >= 11 is 0. The van der Waals surface area contributed by atoms with Crippen molar-refractivity contribution in [3.8, 4) is 0 Å². The summed E-state index contributed by atoms with van der Waals surface area (Å²) in [5.74, 6) is -0.117. The smallest absolute Gasteiger partial charge is 0.328 e. The quantitative estimate of drug-likeness (QED) is 0.616. The largest absolute Gasteiger partial charge is 0.467 e. The number of ether oxygens (including phenoxy) is 1. The highest BCUT2D eigenvalue weighted by atomic mass is 16.5. The van der Waals surface area contributed by atoms with Gasteiger partial charge in [-0.05, 0) is 30.5 Å². The van der Waals surface area contributed by atoms with Gasteiger partial charge >= 0.3 is 5.97 Å². The Balaban J connectivity index is 1.64. The van der Waals surface area contributed by atoms with Crippen LogP contribution in [-0.2, 0) is 20.9 Å². The van der Waals surface area contributed by atoms with Gasteiger partial charge < -0.3 is 19.9 Å². The molecule has 9 nitrogen and oxygen atoms in total. The highest BCUT2D eigenvalue weighted by Crippen LogP contribution is 2.18. The van der Waals surface area contributed by atoms with Crippen molar-refractivity contribution in [2.75, 3.05) is 43.1 Å². The van der Waals surface area contributed by atoms with Gasteiger partial charge in [0.25, 0.3) is 5.56 Å². The molecular weight excluding hydrogens is 410 g/mol. The molecular formula is C23H31N5O4. The van der Waals surface area contributed by atoms with Crippen LogP contribution in [0.25, 0.3) is 0 Å². The van der Waals surface area contributed by atoms with E-state index in [2.05, 4.69) is 32.3 Å². The molecule has 1 aliphatic heterocycles. The summed E-state index contributed by atoms with van der Waals surface area (Å²) in [6, 6.07) is 12.6. The summed E-state index contributed by atoms with van der Waals surface area (Å²) in [4.78, 5) is 41.2. The van der Waals surface area contributed by atoms with Crippen LogP contribution in [0.4, 0.5) is 11.5 Å². The molecule has 1 atom stereocenters. The normalized spacial score (nSPS) is 14.9. The zero-order chi connectivity index (χ0) is 23.1. The Morgan fingerprint density at radius 2 is 1.69 bits per heavy atom. The van der Waals surface area contributed by atoms with Crippen molar-refractivity contribution in [1.82, 2.24) is 15.1 Å². The van der Waals surface area contributed by atoms with E-state index in [1.54, 1.807) is 6.07 Å². The van der Waals surface area contributed by atoms with Crippen LogP contribution in [-0.4, -0.2) is 61.0 Å². The maximum atomic E-state index is 12.5. The Bertz CT molecular complexity index is 968. The minimum atomic E-state index is -0.752. The zero-order valence-electron chi connectivity index (χ0n) is 18.9. The molecule has 0 aliphatic carbocycles. The van der Waals surface area contributed by atoms with Crippen molar-refractivity contribution in [2.24, 2.45) is 5.92 Å². The first-order valence-electron chi connectivity index (χ1n) is 10.9. The van der Waals surface area contributed by atoms with Crippen molar-refractivity contribution >= 4 is 23.4 Å². The molecule has 1 aliphatic rings. The number of anilines is 2. The number of methoxy groups -OCH3 is 1. The van der Waals surface area contributed by atoms with Gasteiger partial charge in [-0.2, -0.15) is 5.10 Å². The molecule has 172 valence electrons. The second kappa shape index (κ2) is 10.8. The Kier molecular flexibility index (Phi) is 7.86. The molecule has 1 fully saturated rings. The van der Waals surface area contributed by atoms with Crippen LogP contribution in [0.1, 0.15) is 20.3 Å². The summed E-state index contributed by atoms with van der Waals surface area (Å²) in [5, 5.41) is 7.07. The number of hydrogen-bond donors (Lipinski definition) is 1. The van der Waals surface area contributed by atoms with E-state index in [1.165, 1.54) is 18.9 Å². The highest BCUT2D eigenvalue weighted by Gasteiger charge is 2.23. The third-order valence-corrected chi connectivity index (χ3v) is 5.40. The molecule has 0 radical (unpaired) electrons. The molecule has 0 saturated carbocycles. The molecule has 0 bridgehead atoms. The molecule has 32 heavy (non-hydrogen) atoms. The molecule has 1 N–H and O–H groups in total. The van der Waals surface area contributed by atoms with E-state index in [0.717, 1.165) is 30.9 Å². The van der Waals surface area contributed by atoms with Gasteiger partial charge in [-0.15, -0.1) is 0 Å². The number of para-hydroxylation sites is 1. The van der Waals surface area contributed by atoms with Gasteiger partial charge in [-0.1, -0.05) is 32.0 Å². The average molecular weight is 442 g/mol. The number of piperazine rings is 1. The van der Waals surface area contributed by atoms with Crippen LogP contribution in [0.3, 0.4) is 0 Å².